The molecule has 36 heavy (non-hydrogen) atoms. The molecule has 0 atom stereocenters. The first-order valence-electron chi connectivity index (χ1n) is 11.5. The highest BCUT2D eigenvalue weighted by atomic mass is 35.5. The quantitative estimate of drug-likeness (QED) is 0.317. The van der Waals surface area contributed by atoms with E-state index in [-0.39, 0.29) is 12.4 Å². The third-order valence-electron chi connectivity index (χ3n) is 6.22. The van der Waals surface area contributed by atoms with Crippen molar-refractivity contribution < 1.29 is 0 Å². The average molecular weight is 494 g/mol. The summed E-state index contributed by atoms with van der Waals surface area (Å²) in [5, 5.41) is 20.5. The normalized spacial score (nSPS) is 10.9. The van der Waals surface area contributed by atoms with Crippen molar-refractivity contribution in [1.29, 1.82) is 0 Å². The molecule has 0 aliphatic rings. The number of fused-ring (bicyclic) bond motifs is 1. The average Bonchev–Trinajstić information content (AvgIpc) is 3.54. The fourth-order valence-electron chi connectivity index (χ4n) is 4.62. The molecular formula is C28H24ClN7. The zero-order valence-electron chi connectivity index (χ0n) is 19.9. The molecule has 3 aromatic heterocycles. The molecule has 6 rings (SSSR count). The molecule has 3 aromatic carbocycles. The van der Waals surface area contributed by atoms with E-state index in [2.05, 4.69) is 80.8 Å². The molecule has 0 radical (unpaired) electrons. The van der Waals surface area contributed by atoms with Gasteiger partial charge in [0.1, 0.15) is 5.69 Å². The zero-order chi connectivity index (χ0) is 23.8. The Kier molecular flexibility index (Phi) is 6.31. The van der Waals surface area contributed by atoms with Crippen LogP contribution in [0.15, 0.2) is 84.9 Å². The van der Waals surface area contributed by atoms with Gasteiger partial charge in [-0.15, -0.1) is 17.5 Å². The number of nitrogens with one attached hydrogen (secondary N) is 1. The van der Waals surface area contributed by atoms with Crippen LogP contribution in [-0.4, -0.2) is 35.4 Å². The van der Waals surface area contributed by atoms with Crippen LogP contribution in [0.2, 0.25) is 0 Å². The van der Waals surface area contributed by atoms with Crippen LogP contribution >= 0.6 is 12.4 Å². The Morgan fingerprint density at radius 1 is 0.806 bits per heavy atom. The molecule has 3 heterocycles. The van der Waals surface area contributed by atoms with Gasteiger partial charge < -0.3 is 0 Å². The van der Waals surface area contributed by atoms with Crippen LogP contribution in [0.4, 0.5) is 0 Å². The van der Waals surface area contributed by atoms with Crippen LogP contribution in [0.3, 0.4) is 0 Å². The summed E-state index contributed by atoms with van der Waals surface area (Å²) in [6, 6.07) is 29.1. The van der Waals surface area contributed by atoms with E-state index >= 15 is 0 Å². The first-order valence-corrected chi connectivity index (χ1v) is 11.5. The van der Waals surface area contributed by atoms with E-state index in [0.717, 1.165) is 50.2 Å². The standard InChI is InChI=1S/C28H23N7.ClH/c1-18-16-25-26(19(2)29-18)27(22-8-4-3-5-9-22)32-35(25)17-20-12-14-21(15-13-20)23-10-6-7-11-24(23)28-30-33-34-31-28;/h3-16H,17H2,1-2H3,(H,30,31,33,34);1H. The number of tetrazole rings is 1. The maximum atomic E-state index is 5.04. The van der Waals surface area contributed by atoms with E-state index < -0.39 is 0 Å². The summed E-state index contributed by atoms with van der Waals surface area (Å²) in [5.74, 6) is 0.653. The minimum absolute atomic E-state index is 0. The van der Waals surface area contributed by atoms with E-state index in [1.54, 1.807) is 0 Å². The molecule has 0 aliphatic heterocycles. The third kappa shape index (κ3) is 4.25. The highest BCUT2D eigenvalue weighted by Gasteiger charge is 2.16. The zero-order valence-corrected chi connectivity index (χ0v) is 20.7. The fraction of sp³-hybridized carbons (Fsp3) is 0.107. The molecule has 0 unspecified atom stereocenters. The van der Waals surface area contributed by atoms with Gasteiger partial charge in [0.15, 0.2) is 5.82 Å². The fourth-order valence-corrected chi connectivity index (χ4v) is 4.62. The van der Waals surface area contributed by atoms with Crippen LogP contribution in [0, 0.1) is 13.8 Å². The molecule has 0 fully saturated rings. The van der Waals surface area contributed by atoms with E-state index in [1.165, 1.54) is 5.56 Å². The Morgan fingerprint density at radius 3 is 2.25 bits per heavy atom. The monoisotopic (exact) mass is 493 g/mol. The number of H-pyrrole nitrogens is 1. The van der Waals surface area contributed by atoms with Gasteiger partial charge in [0, 0.05) is 27.9 Å². The van der Waals surface area contributed by atoms with Gasteiger partial charge in [-0.05, 0) is 47.0 Å². The number of pyridine rings is 1. The summed E-state index contributed by atoms with van der Waals surface area (Å²) in [6.07, 6.45) is 0. The lowest BCUT2D eigenvalue weighted by Crippen LogP contribution is -2.02. The minimum atomic E-state index is 0. The van der Waals surface area contributed by atoms with E-state index in [9.17, 15) is 0 Å². The van der Waals surface area contributed by atoms with Gasteiger partial charge in [0.05, 0.1) is 12.1 Å². The first-order chi connectivity index (χ1) is 17.2. The van der Waals surface area contributed by atoms with Crippen LogP contribution in [0.25, 0.3) is 44.7 Å². The van der Waals surface area contributed by atoms with Crippen molar-refractivity contribution in [2.45, 2.75) is 20.4 Å². The van der Waals surface area contributed by atoms with Crippen LogP contribution in [0.1, 0.15) is 17.0 Å². The summed E-state index contributed by atoms with van der Waals surface area (Å²) in [6.45, 7) is 4.76. The van der Waals surface area contributed by atoms with Crippen LogP contribution < -0.4 is 0 Å². The van der Waals surface area contributed by atoms with Gasteiger partial charge >= 0.3 is 0 Å². The molecule has 7 nitrogen and oxygen atoms in total. The summed E-state index contributed by atoms with van der Waals surface area (Å²) in [7, 11) is 0. The Morgan fingerprint density at radius 2 is 1.53 bits per heavy atom. The summed E-state index contributed by atoms with van der Waals surface area (Å²) in [4.78, 5) is 4.71. The van der Waals surface area contributed by atoms with Crippen molar-refractivity contribution >= 4 is 23.3 Å². The molecule has 0 spiro atoms. The third-order valence-corrected chi connectivity index (χ3v) is 6.22. The summed E-state index contributed by atoms with van der Waals surface area (Å²) in [5.41, 5.74) is 9.47. The Labute approximate surface area is 214 Å². The van der Waals surface area contributed by atoms with Crippen molar-refractivity contribution in [3.63, 3.8) is 0 Å². The molecule has 0 bridgehead atoms. The number of benzene rings is 3. The van der Waals surface area contributed by atoms with E-state index in [0.29, 0.717) is 12.4 Å². The Balaban J connectivity index is 0.00000267. The molecule has 0 aliphatic carbocycles. The molecule has 1 N–H and O–H groups in total. The second kappa shape index (κ2) is 9.71. The van der Waals surface area contributed by atoms with Gasteiger partial charge in [-0.2, -0.15) is 5.10 Å². The van der Waals surface area contributed by atoms with Gasteiger partial charge in [-0.1, -0.05) is 78.9 Å². The lowest BCUT2D eigenvalue weighted by Gasteiger charge is -2.09. The van der Waals surface area contributed by atoms with Crippen LogP contribution in [-0.2, 0) is 6.54 Å². The lowest BCUT2D eigenvalue weighted by atomic mass is 9.98. The highest BCUT2D eigenvalue weighted by Crippen LogP contribution is 2.32. The maximum absolute atomic E-state index is 5.04. The van der Waals surface area contributed by atoms with Gasteiger partial charge in [-0.25, -0.2) is 5.10 Å². The van der Waals surface area contributed by atoms with Gasteiger partial charge in [-0.3, -0.25) is 9.67 Å². The van der Waals surface area contributed by atoms with Crippen molar-refractivity contribution in [3.05, 3.63) is 102 Å². The molecular weight excluding hydrogens is 470 g/mol. The summed E-state index contributed by atoms with van der Waals surface area (Å²) >= 11 is 0. The molecule has 0 amide bonds. The van der Waals surface area contributed by atoms with Crippen molar-refractivity contribution in [3.8, 4) is 33.8 Å². The summed E-state index contributed by atoms with van der Waals surface area (Å²) < 4.78 is 2.09. The lowest BCUT2D eigenvalue weighted by molar-refractivity contribution is 0.714. The van der Waals surface area contributed by atoms with Gasteiger partial charge in [0.2, 0.25) is 0 Å². The van der Waals surface area contributed by atoms with Crippen molar-refractivity contribution in [2.75, 3.05) is 0 Å². The predicted molar refractivity (Wildman–Crippen MR) is 144 cm³/mol. The molecule has 8 heteroatoms. The minimum Gasteiger partial charge on any atom is -0.260 e. The molecule has 178 valence electrons. The molecule has 0 saturated carbocycles. The number of nitrogens with zero attached hydrogens (tertiary/aromatic N) is 6. The molecule has 6 aromatic rings. The number of hydrogen-bond donors (Lipinski definition) is 1. The van der Waals surface area contributed by atoms with E-state index in [4.69, 9.17) is 10.1 Å². The number of aromatic amines is 1. The molecule has 0 saturated heterocycles. The number of rotatable bonds is 5. The number of aromatic nitrogens is 7. The predicted octanol–water partition coefficient (Wildman–Crippen LogP) is 6.03. The Bertz CT molecular complexity index is 1620. The smallest absolute Gasteiger partial charge is 0.180 e. The van der Waals surface area contributed by atoms with Crippen LogP contribution in [0.5, 0.6) is 0 Å². The Hall–Kier alpha value is -4.36. The number of halogens is 1. The topological polar surface area (TPSA) is 85.2 Å². The first kappa shape index (κ1) is 23.4. The second-order valence-electron chi connectivity index (χ2n) is 8.61. The van der Waals surface area contributed by atoms with Crippen molar-refractivity contribution in [2.24, 2.45) is 0 Å². The second-order valence-corrected chi connectivity index (χ2v) is 8.61. The van der Waals surface area contributed by atoms with Gasteiger partial charge in [0.25, 0.3) is 0 Å². The van der Waals surface area contributed by atoms with Crippen molar-refractivity contribution in [1.82, 2.24) is 35.4 Å². The van der Waals surface area contributed by atoms with E-state index in [1.807, 2.05) is 43.3 Å². The SMILES string of the molecule is Cc1cc2c(c(C)n1)c(-c1ccccc1)nn2Cc1ccc(-c2ccccc2-c2nnn[nH]2)cc1.Cl. The number of aryl methyl sites for hydroxylation is 2. The maximum Gasteiger partial charge on any atom is 0.180 e. The number of hydrogen-bond acceptors (Lipinski definition) is 5. The highest BCUT2D eigenvalue weighted by molar-refractivity contribution is 5.95. The largest absolute Gasteiger partial charge is 0.260 e.